The predicted molar refractivity (Wildman–Crippen MR) is 157 cm³/mol. The van der Waals surface area contributed by atoms with E-state index in [1.54, 1.807) is 24.3 Å². The molecule has 0 radical (unpaired) electrons. The zero-order valence-electron chi connectivity index (χ0n) is 22.4. The van der Waals surface area contributed by atoms with Crippen molar-refractivity contribution in [3.05, 3.63) is 85.5 Å². The first-order valence-electron chi connectivity index (χ1n) is 12.8. The second kappa shape index (κ2) is 11.3. The van der Waals surface area contributed by atoms with E-state index in [-0.39, 0.29) is 38.8 Å². The number of hydrogen-bond donors (Lipinski definition) is 0. The maximum atomic E-state index is 14.0. The molecule has 0 saturated heterocycles. The lowest BCUT2D eigenvalue weighted by atomic mass is 9.85. The monoisotopic (exact) mass is 592 g/mol. The molecule has 0 saturated carbocycles. The Kier molecular flexibility index (Phi) is 8.65. The third-order valence-electron chi connectivity index (χ3n) is 7.23. The topological polar surface area (TPSA) is 57.7 Å². The van der Waals surface area contributed by atoms with Gasteiger partial charge in [0.25, 0.3) is 0 Å². The Morgan fingerprint density at radius 3 is 2.45 bits per heavy atom. The van der Waals surface area contributed by atoms with Gasteiger partial charge in [0.1, 0.15) is 4.90 Å². The van der Waals surface area contributed by atoms with Crippen LogP contribution in [0.3, 0.4) is 0 Å². The molecule has 5 nitrogen and oxygen atoms in total. The number of carbonyl (C=O) groups is 1. The van der Waals surface area contributed by atoms with Gasteiger partial charge in [0.05, 0.1) is 17.6 Å². The lowest BCUT2D eigenvalue weighted by Crippen LogP contribution is -2.49. The second-order valence-corrected chi connectivity index (χ2v) is 14.5. The summed E-state index contributed by atoms with van der Waals surface area (Å²) in [4.78, 5) is 17.0. The Morgan fingerprint density at radius 2 is 1.82 bits per heavy atom. The van der Waals surface area contributed by atoms with Crippen molar-refractivity contribution in [2.24, 2.45) is 0 Å². The van der Waals surface area contributed by atoms with Crippen LogP contribution in [0.4, 0.5) is 0 Å². The van der Waals surface area contributed by atoms with Crippen LogP contribution in [-0.4, -0.2) is 42.7 Å². The molecule has 1 aliphatic rings. The first-order chi connectivity index (χ1) is 17.8. The Bertz CT molecular complexity index is 1410. The number of rotatable bonds is 7. The van der Waals surface area contributed by atoms with Crippen molar-refractivity contribution in [2.45, 2.75) is 69.9 Å². The molecule has 3 aromatic rings. The molecule has 0 unspecified atom stereocenters. The summed E-state index contributed by atoms with van der Waals surface area (Å²) in [6.07, 6.45) is 1.28. The number of carbonyl (C=O) groups excluding carboxylic acids is 1. The quantitative estimate of drug-likeness (QED) is 0.289. The first-order valence-corrected chi connectivity index (χ1v) is 15.8. The molecule has 204 valence electrons. The predicted octanol–water partition coefficient (Wildman–Crippen LogP) is 7.32. The van der Waals surface area contributed by atoms with Crippen LogP contribution in [0, 0.1) is 0 Å². The number of nitrogens with zero attached hydrogens (tertiary/aromatic N) is 2. The summed E-state index contributed by atoms with van der Waals surface area (Å²) < 4.78 is 28.8. The van der Waals surface area contributed by atoms with Gasteiger partial charge in [-0.15, -0.1) is 11.3 Å². The molecule has 0 fully saturated rings. The zero-order valence-corrected chi connectivity index (χ0v) is 25.5. The maximum Gasteiger partial charge on any atom is 0.245 e. The minimum absolute atomic E-state index is 0.0148. The molecule has 0 aliphatic carbocycles. The van der Waals surface area contributed by atoms with Gasteiger partial charge >= 0.3 is 0 Å². The summed E-state index contributed by atoms with van der Waals surface area (Å²) in [5.41, 5.74) is 3.35. The van der Waals surface area contributed by atoms with Gasteiger partial charge in [0.2, 0.25) is 15.9 Å². The lowest BCUT2D eigenvalue weighted by molar-refractivity contribution is -0.133. The van der Waals surface area contributed by atoms with E-state index in [4.69, 9.17) is 23.2 Å². The lowest BCUT2D eigenvalue weighted by Gasteiger charge is -2.38. The summed E-state index contributed by atoms with van der Waals surface area (Å²) >= 11 is 14.1. The Hall–Kier alpha value is -1.90. The minimum atomic E-state index is -4.08. The van der Waals surface area contributed by atoms with Crippen molar-refractivity contribution < 1.29 is 13.2 Å². The summed E-state index contributed by atoms with van der Waals surface area (Å²) in [5.74, 6) is -0.242. The molecule has 0 N–H and O–H groups in total. The molecule has 1 aliphatic heterocycles. The van der Waals surface area contributed by atoms with Crippen molar-refractivity contribution in [3.8, 4) is 0 Å². The normalized spacial score (nSPS) is 16.9. The van der Waals surface area contributed by atoms with E-state index in [1.807, 2.05) is 11.8 Å². The summed E-state index contributed by atoms with van der Waals surface area (Å²) in [6.45, 7) is 10.5. The van der Waals surface area contributed by atoms with Gasteiger partial charge < -0.3 is 4.90 Å². The van der Waals surface area contributed by atoms with Crippen molar-refractivity contribution in [1.29, 1.82) is 0 Å². The van der Waals surface area contributed by atoms with E-state index in [2.05, 4.69) is 56.5 Å². The van der Waals surface area contributed by atoms with Gasteiger partial charge in [0.15, 0.2) is 0 Å². The second-order valence-electron chi connectivity index (χ2n) is 10.8. The standard InChI is InChI=1S/C29H34Cl2N2O3S2/c1-6-19(2)33(38(35,36)26-17-22(30)11-12-24(26)31)18-27(34)32-15-13-25-23(14-16-37-25)28(32)20-7-9-21(10-8-20)29(3,4)5/h7-12,14,16-17,19,28H,6,13,15,18H2,1-5H3/t19-,28+/m1/s1. The van der Waals surface area contributed by atoms with Gasteiger partial charge in [-0.1, -0.05) is 75.2 Å². The fourth-order valence-corrected chi connectivity index (χ4v) is 8.11. The minimum Gasteiger partial charge on any atom is -0.330 e. The van der Waals surface area contributed by atoms with Crippen LogP contribution in [0.1, 0.15) is 68.6 Å². The third-order valence-corrected chi connectivity index (χ3v) is 10.9. The Labute approximate surface area is 240 Å². The molecule has 2 atom stereocenters. The Morgan fingerprint density at radius 1 is 1.13 bits per heavy atom. The fraction of sp³-hybridized carbons (Fsp3) is 0.414. The molecular formula is C29H34Cl2N2O3S2. The number of halogens is 2. The molecular weight excluding hydrogens is 559 g/mol. The number of thiophene rings is 1. The van der Waals surface area contributed by atoms with Crippen LogP contribution in [0.5, 0.6) is 0 Å². The molecule has 4 rings (SSSR count). The fourth-order valence-electron chi connectivity index (χ4n) is 4.82. The van der Waals surface area contributed by atoms with Crippen LogP contribution >= 0.6 is 34.5 Å². The van der Waals surface area contributed by atoms with E-state index in [0.29, 0.717) is 13.0 Å². The number of hydrogen-bond acceptors (Lipinski definition) is 4. The van der Waals surface area contributed by atoms with E-state index in [9.17, 15) is 13.2 Å². The highest BCUT2D eigenvalue weighted by Gasteiger charge is 2.37. The first kappa shape index (κ1) is 29.1. The van der Waals surface area contributed by atoms with E-state index >= 15 is 0 Å². The summed E-state index contributed by atoms with van der Waals surface area (Å²) in [7, 11) is -4.08. The largest absolute Gasteiger partial charge is 0.330 e. The highest BCUT2D eigenvalue weighted by Crippen LogP contribution is 2.39. The number of amides is 1. The SMILES string of the molecule is CC[C@@H](C)N(CC(=O)N1CCc2sccc2[C@@H]1c1ccc(C(C)(C)C)cc1)S(=O)(=O)c1cc(Cl)ccc1Cl. The van der Waals surface area contributed by atoms with Crippen LogP contribution in [-0.2, 0) is 26.7 Å². The zero-order chi connectivity index (χ0) is 27.8. The van der Waals surface area contributed by atoms with E-state index in [0.717, 1.165) is 17.5 Å². The number of fused-ring (bicyclic) bond motifs is 1. The molecule has 2 aromatic carbocycles. The van der Waals surface area contributed by atoms with Crippen molar-refractivity contribution in [3.63, 3.8) is 0 Å². The van der Waals surface area contributed by atoms with Crippen LogP contribution in [0.25, 0.3) is 0 Å². The number of benzene rings is 2. The van der Waals surface area contributed by atoms with Crippen LogP contribution in [0.2, 0.25) is 10.0 Å². The van der Waals surface area contributed by atoms with Gasteiger partial charge in [-0.2, -0.15) is 4.31 Å². The Balaban J connectivity index is 1.71. The smallest absolute Gasteiger partial charge is 0.245 e. The average molecular weight is 594 g/mol. The summed E-state index contributed by atoms with van der Waals surface area (Å²) in [6, 6.07) is 14.2. The highest BCUT2D eigenvalue weighted by atomic mass is 35.5. The van der Waals surface area contributed by atoms with Crippen molar-refractivity contribution >= 4 is 50.5 Å². The molecule has 38 heavy (non-hydrogen) atoms. The van der Waals surface area contributed by atoms with Gasteiger partial charge in [0, 0.05) is 22.5 Å². The van der Waals surface area contributed by atoms with Gasteiger partial charge in [-0.05, 0) is 71.5 Å². The molecule has 9 heteroatoms. The number of sulfonamides is 1. The van der Waals surface area contributed by atoms with Crippen LogP contribution in [0.15, 0.2) is 58.8 Å². The molecule has 1 aromatic heterocycles. The van der Waals surface area contributed by atoms with Crippen molar-refractivity contribution in [1.82, 2.24) is 9.21 Å². The van der Waals surface area contributed by atoms with Crippen molar-refractivity contribution in [2.75, 3.05) is 13.1 Å². The van der Waals surface area contributed by atoms with E-state index in [1.165, 1.54) is 26.9 Å². The van der Waals surface area contributed by atoms with Gasteiger partial charge in [-0.25, -0.2) is 8.42 Å². The van der Waals surface area contributed by atoms with Gasteiger partial charge in [-0.3, -0.25) is 4.79 Å². The molecule has 1 amide bonds. The van der Waals surface area contributed by atoms with Crippen LogP contribution < -0.4 is 0 Å². The van der Waals surface area contributed by atoms with E-state index < -0.39 is 16.1 Å². The molecule has 0 bridgehead atoms. The average Bonchev–Trinajstić information content (AvgIpc) is 3.36. The maximum absolute atomic E-state index is 14.0. The molecule has 0 spiro atoms. The highest BCUT2D eigenvalue weighted by molar-refractivity contribution is 7.89. The molecule has 2 heterocycles. The third kappa shape index (κ3) is 5.82. The summed E-state index contributed by atoms with van der Waals surface area (Å²) in [5, 5.41) is 2.41.